The van der Waals surface area contributed by atoms with E-state index in [0.717, 1.165) is 12.8 Å². The number of piperidine rings is 1. The highest BCUT2D eigenvalue weighted by Gasteiger charge is 2.28. The standard InChI is InChI=1S/C17H30N4O4/c1-6-23-15(24-7-2)14-12-21(19-18-14)13-8-10-20(11-9-13)16(22)25-17(3,4)5/h12-13,15H,6-11H2,1-5H3. The number of carbonyl (C=O) groups excluding carboxylic acids is 1. The molecule has 0 atom stereocenters. The molecule has 0 aliphatic carbocycles. The fraction of sp³-hybridized carbons (Fsp3) is 0.824. The SMILES string of the molecule is CCOC(OCC)c1cn(C2CCN(C(=O)OC(C)(C)C)CC2)nn1. The summed E-state index contributed by atoms with van der Waals surface area (Å²) in [6.45, 7) is 11.9. The van der Waals surface area contributed by atoms with E-state index in [4.69, 9.17) is 14.2 Å². The number of hydrogen-bond acceptors (Lipinski definition) is 6. The number of ether oxygens (including phenoxy) is 3. The van der Waals surface area contributed by atoms with Gasteiger partial charge in [-0.1, -0.05) is 5.21 Å². The van der Waals surface area contributed by atoms with Gasteiger partial charge in [0.15, 0.2) is 0 Å². The fourth-order valence-corrected chi connectivity index (χ4v) is 2.74. The predicted molar refractivity (Wildman–Crippen MR) is 92.1 cm³/mol. The Morgan fingerprint density at radius 1 is 1.24 bits per heavy atom. The quantitative estimate of drug-likeness (QED) is 0.731. The Morgan fingerprint density at radius 2 is 1.84 bits per heavy atom. The molecule has 0 bridgehead atoms. The summed E-state index contributed by atoms with van der Waals surface area (Å²) in [6, 6.07) is 0.212. The van der Waals surface area contributed by atoms with Crippen LogP contribution in [0.1, 0.15) is 65.5 Å². The lowest BCUT2D eigenvalue weighted by molar-refractivity contribution is -0.142. The minimum Gasteiger partial charge on any atom is -0.444 e. The van der Waals surface area contributed by atoms with Crippen LogP contribution in [0.3, 0.4) is 0 Å². The van der Waals surface area contributed by atoms with Gasteiger partial charge in [-0.05, 0) is 47.5 Å². The van der Waals surface area contributed by atoms with Gasteiger partial charge in [-0.25, -0.2) is 9.48 Å². The van der Waals surface area contributed by atoms with Gasteiger partial charge >= 0.3 is 6.09 Å². The first-order chi connectivity index (χ1) is 11.8. The Kier molecular flexibility index (Phi) is 6.78. The Hall–Kier alpha value is -1.67. The Labute approximate surface area is 149 Å². The minimum atomic E-state index is -0.481. The number of nitrogens with zero attached hydrogens (tertiary/aromatic N) is 4. The van der Waals surface area contributed by atoms with E-state index in [-0.39, 0.29) is 12.1 Å². The fourth-order valence-electron chi connectivity index (χ4n) is 2.74. The van der Waals surface area contributed by atoms with Crippen molar-refractivity contribution in [3.8, 4) is 0 Å². The Balaban J connectivity index is 1.91. The molecule has 0 N–H and O–H groups in total. The maximum Gasteiger partial charge on any atom is 0.410 e. The van der Waals surface area contributed by atoms with Crippen LogP contribution in [0.4, 0.5) is 4.79 Å². The van der Waals surface area contributed by atoms with Crippen molar-refractivity contribution in [2.24, 2.45) is 0 Å². The van der Waals surface area contributed by atoms with E-state index >= 15 is 0 Å². The van der Waals surface area contributed by atoms with Crippen LogP contribution in [-0.4, -0.2) is 57.9 Å². The summed E-state index contributed by atoms with van der Waals surface area (Å²) in [5.41, 5.74) is 0.209. The van der Waals surface area contributed by atoms with E-state index in [1.807, 2.05) is 45.5 Å². The Morgan fingerprint density at radius 3 is 2.36 bits per heavy atom. The molecule has 2 rings (SSSR count). The first-order valence-electron chi connectivity index (χ1n) is 8.97. The highest BCUT2D eigenvalue weighted by molar-refractivity contribution is 5.68. The molecule has 25 heavy (non-hydrogen) atoms. The second kappa shape index (κ2) is 8.62. The number of likely N-dealkylation sites (tertiary alicyclic amines) is 1. The van der Waals surface area contributed by atoms with Gasteiger partial charge in [-0.15, -0.1) is 5.10 Å². The molecule has 8 nitrogen and oxygen atoms in total. The molecule has 1 aromatic heterocycles. The van der Waals surface area contributed by atoms with E-state index in [1.54, 1.807) is 4.90 Å². The van der Waals surface area contributed by atoms with Gasteiger partial charge < -0.3 is 19.1 Å². The molecular formula is C17H30N4O4. The molecule has 0 spiro atoms. The van der Waals surface area contributed by atoms with Gasteiger partial charge in [0.05, 0.1) is 12.2 Å². The molecule has 8 heteroatoms. The first kappa shape index (κ1) is 19.7. The third kappa shape index (κ3) is 5.67. The van der Waals surface area contributed by atoms with Gasteiger partial charge in [0.25, 0.3) is 0 Å². The lowest BCUT2D eigenvalue weighted by Crippen LogP contribution is -2.42. The van der Waals surface area contributed by atoms with Crippen molar-refractivity contribution in [2.45, 2.75) is 65.4 Å². The summed E-state index contributed by atoms with van der Waals surface area (Å²) in [7, 11) is 0. The molecule has 2 heterocycles. The molecule has 1 saturated heterocycles. The summed E-state index contributed by atoms with van der Waals surface area (Å²) in [5.74, 6) is 0. The van der Waals surface area contributed by atoms with E-state index in [9.17, 15) is 4.79 Å². The van der Waals surface area contributed by atoms with E-state index in [1.165, 1.54) is 0 Å². The topological polar surface area (TPSA) is 78.7 Å². The molecule has 1 fully saturated rings. The molecule has 142 valence electrons. The van der Waals surface area contributed by atoms with Crippen molar-refractivity contribution in [3.63, 3.8) is 0 Å². The zero-order chi connectivity index (χ0) is 18.4. The van der Waals surface area contributed by atoms with Crippen LogP contribution < -0.4 is 0 Å². The predicted octanol–water partition coefficient (Wildman–Crippen LogP) is 2.92. The second-order valence-corrected chi connectivity index (χ2v) is 7.06. The highest BCUT2D eigenvalue weighted by Crippen LogP contribution is 2.25. The van der Waals surface area contributed by atoms with Crippen molar-refractivity contribution in [2.75, 3.05) is 26.3 Å². The van der Waals surface area contributed by atoms with Gasteiger partial charge in [0.1, 0.15) is 11.3 Å². The normalized spacial score (nSPS) is 16.5. The maximum atomic E-state index is 12.1. The summed E-state index contributed by atoms with van der Waals surface area (Å²) in [6.07, 6.45) is 2.78. The number of rotatable bonds is 6. The van der Waals surface area contributed by atoms with Crippen molar-refractivity contribution in [3.05, 3.63) is 11.9 Å². The largest absolute Gasteiger partial charge is 0.444 e. The summed E-state index contributed by atoms with van der Waals surface area (Å²) < 4.78 is 18.4. The molecule has 0 unspecified atom stereocenters. The number of amides is 1. The summed E-state index contributed by atoms with van der Waals surface area (Å²) in [5, 5.41) is 8.42. The molecule has 1 aliphatic rings. The van der Waals surface area contributed by atoms with E-state index in [0.29, 0.717) is 32.0 Å². The first-order valence-corrected chi connectivity index (χ1v) is 8.97. The molecule has 0 saturated carbocycles. The monoisotopic (exact) mass is 354 g/mol. The van der Waals surface area contributed by atoms with Gasteiger partial charge in [-0.3, -0.25) is 0 Å². The zero-order valence-electron chi connectivity index (χ0n) is 15.9. The molecular weight excluding hydrogens is 324 g/mol. The van der Waals surface area contributed by atoms with Crippen molar-refractivity contribution in [1.82, 2.24) is 19.9 Å². The van der Waals surface area contributed by atoms with Crippen LogP contribution in [0.2, 0.25) is 0 Å². The number of aromatic nitrogens is 3. The lowest BCUT2D eigenvalue weighted by atomic mass is 10.1. The number of hydrogen-bond donors (Lipinski definition) is 0. The summed E-state index contributed by atoms with van der Waals surface area (Å²) in [4.78, 5) is 13.9. The smallest absolute Gasteiger partial charge is 0.410 e. The number of carbonyl (C=O) groups is 1. The molecule has 1 aromatic rings. The van der Waals surface area contributed by atoms with Crippen molar-refractivity contribution < 1.29 is 19.0 Å². The van der Waals surface area contributed by atoms with Crippen molar-refractivity contribution in [1.29, 1.82) is 0 Å². The minimum absolute atomic E-state index is 0.212. The average molecular weight is 354 g/mol. The van der Waals surface area contributed by atoms with Gasteiger partial charge in [0, 0.05) is 26.3 Å². The highest BCUT2D eigenvalue weighted by atomic mass is 16.7. The molecule has 0 radical (unpaired) electrons. The molecule has 1 amide bonds. The van der Waals surface area contributed by atoms with Crippen LogP contribution >= 0.6 is 0 Å². The van der Waals surface area contributed by atoms with E-state index in [2.05, 4.69) is 10.3 Å². The Bertz CT molecular complexity index is 541. The average Bonchev–Trinajstić information content (AvgIpc) is 3.03. The van der Waals surface area contributed by atoms with Gasteiger partial charge in [-0.2, -0.15) is 0 Å². The molecule has 0 aromatic carbocycles. The third-order valence-electron chi connectivity index (χ3n) is 3.90. The lowest BCUT2D eigenvalue weighted by Gasteiger charge is -2.33. The van der Waals surface area contributed by atoms with Crippen LogP contribution in [-0.2, 0) is 14.2 Å². The maximum absolute atomic E-state index is 12.1. The summed E-state index contributed by atoms with van der Waals surface area (Å²) >= 11 is 0. The molecule has 1 aliphatic heterocycles. The van der Waals surface area contributed by atoms with Gasteiger partial charge in [0.2, 0.25) is 6.29 Å². The van der Waals surface area contributed by atoms with Crippen LogP contribution in [0.5, 0.6) is 0 Å². The van der Waals surface area contributed by atoms with Crippen molar-refractivity contribution >= 4 is 6.09 Å². The van der Waals surface area contributed by atoms with E-state index < -0.39 is 11.9 Å². The zero-order valence-corrected chi connectivity index (χ0v) is 15.9. The van der Waals surface area contributed by atoms with Crippen LogP contribution in [0.25, 0.3) is 0 Å². The van der Waals surface area contributed by atoms with Crippen LogP contribution in [0, 0.1) is 0 Å². The van der Waals surface area contributed by atoms with Crippen LogP contribution in [0.15, 0.2) is 6.20 Å². The second-order valence-electron chi connectivity index (χ2n) is 7.06. The third-order valence-corrected chi connectivity index (χ3v) is 3.90.